The van der Waals surface area contributed by atoms with Crippen LogP contribution in [0.3, 0.4) is 0 Å². The third-order valence-electron chi connectivity index (χ3n) is 3.67. The average molecular weight is 256 g/mol. The molecule has 1 atom stereocenters. The Morgan fingerprint density at radius 3 is 2.16 bits per heavy atom. The minimum Gasteiger partial charge on any atom is -0.393 e. The number of aliphatic hydroxyl groups excluding tert-OH is 1. The molecule has 0 bridgehead atoms. The summed E-state index contributed by atoms with van der Waals surface area (Å²) in [4.78, 5) is 0. The zero-order valence-electron chi connectivity index (χ0n) is 11.4. The van der Waals surface area contributed by atoms with Gasteiger partial charge in [0.1, 0.15) is 5.60 Å². The van der Waals surface area contributed by atoms with E-state index < -0.39 is 5.60 Å². The third kappa shape index (κ3) is 2.70. The summed E-state index contributed by atoms with van der Waals surface area (Å²) in [6.07, 6.45) is 0. The second kappa shape index (κ2) is 5.55. The number of aliphatic hydroxyl groups is 2. The molecule has 2 heteroatoms. The van der Waals surface area contributed by atoms with Gasteiger partial charge in [-0.1, -0.05) is 62.4 Å². The fraction of sp³-hybridized carbons (Fsp3) is 0.294. The largest absolute Gasteiger partial charge is 0.393 e. The molecule has 0 saturated carbocycles. The predicted molar refractivity (Wildman–Crippen MR) is 77.7 cm³/mol. The van der Waals surface area contributed by atoms with E-state index in [4.69, 9.17) is 0 Å². The summed E-state index contributed by atoms with van der Waals surface area (Å²) in [5.74, 6) is -0.0523. The lowest BCUT2D eigenvalue weighted by molar-refractivity contribution is -0.0568. The molecular weight excluding hydrogens is 236 g/mol. The molecule has 2 aromatic carbocycles. The fourth-order valence-electron chi connectivity index (χ4n) is 2.21. The standard InChI is InChI=1S/C17H20O2/c1-13(2)17(19,12-18)16-10-6-9-15(11-16)14-7-4-3-5-8-14/h3-11,13,18-19H,12H2,1-2H3. The maximum absolute atomic E-state index is 10.6. The monoisotopic (exact) mass is 256 g/mol. The van der Waals surface area contributed by atoms with Gasteiger partial charge in [-0.15, -0.1) is 0 Å². The SMILES string of the molecule is CC(C)C(O)(CO)c1cccc(-c2ccccc2)c1. The number of hydrogen-bond acceptors (Lipinski definition) is 2. The Morgan fingerprint density at radius 2 is 1.58 bits per heavy atom. The van der Waals surface area contributed by atoms with Gasteiger partial charge in [0.2, 0.25) is 0 Å². The number of benzene rings is 2. The second-order valence-corrected chi connectivity index (χ2v) is 5.18. The molecule has 0 heterocycles. The Balaban J connectivity index is 2.45. The summed E-state index contributed by atoms with van der Waals surface area (Å²) in [5.41, 5.74) is 1.72. The molecular formula is C17H20O2. The topological polar surface area (TPSA) is 40.5 Å². The molecule has 0 radical (unpaired) electrons. The Labute approximate surface area is 114 Å². The van der Waals surface area contributed by atoms with Gasteiger partial charge in [0.25, 0.3) is 0 Å². The van der Waals surface area contributed by atoms with Crippen LogP contribution in [-0.2, 0) is 5.60 Å². The first-order chi connectivity index (χ1) is 9.08. The normalized spacial score (nSPS) is 14.4. The number of hydrogen-bond donors (Lipinski definition) is 2. The van der Waals surface area contributed by atoms with Gasteiger partial charge in [0.05, 0.1) is 6.61 Å². The van der Waals surface area contributed by atoms with E-state index in [2.05, 4.69) is 0 Å². The molecule has 2 nitrogen and oxygen atoms in total. The van der Waals surface area contributed by atoms with E-state index in [1.807, 2.05) is 68.4 Å². The van der Waals surface area contributed by atoms with Crippen LogP contribution < -0.4 is 0 Å². The third-order valence-corrected chi connectivity index (χ3v) is 3.67. The minimum atomic E-state index is -1.19. The molecule has 0 aliphatic rings. The fourth-order valence-corrected chi connectivity index (χ4v) is 2.21. The maximum Gasteiger partial charge on any atom is 0.115 e. The van der Waals surface area contributed by atoms with Crippen LogP contribution in [0.5, 0.6) is 0 Å². The first-order valence-corrected chi connectivity index (χ1v) is 6.57. The smallest absolute Gasteiger partial charge is 0.115 e. The highest BCUT2D eigenvalue weighted by Gasteiger charge is 2.32. The van der Waals surface area contributed by atoms with Gasteiger partial charge in [-0.25, -0.2) is 0 Å². The Bertz CT molecular complexity index is 534. The maximum atomic E-state index is 10.6. The molecule has 2 aromatic rings. The summed E-state index contributed by atoms with van der Waals surface area (Å²) in [7, 11) is 0. The van der Waals surface area contributed by atoms with Crippen molar-refractivity contribution < 1.29 is 10.2 Å². The Kier molecular flexibility index (Phi) is 4.03. The highest BCUT2D eigenvalue weighted by Crippen LogP contribution is 2.31. The van der Waals surface area contributed by atoms with E-state index in [1.165, 1.54) is 0 Å². The highest BCUT2D eigenvalue weighted by molar-refractivity contribution is 5.64. The summed E-state index contributed by atoms with van der Waals surface area (Å²) in [5, 5.41) is 20.1. The zero-order valence-corrected chi connectivity index (χ0v) is 11.4. The summed E-state index contributed by atoms with van der Waals surface area (Å²) >= 11 is 0. The molecule has 0 saturated heterocycles. The predicted octanol–water partition coefficient (Wildman–Crippen LogP) is 3.19. The van der Waals surface area contributed by atoms with Gasteiger partial charge in [-0.2, -0.15) is 0 Å². The molecule has 100 valence electrons. The van der Waals surface area contributed by atoms with E-state index in [1.54, 1.807) is 0 Å². The van der Waals surface area contributed by atoms with Crippen LogP contribution in [0.25, 0.3) is 11.1 Å². The van der Waals surface area contributed by atoms with Crippen LogP contribution in [0.15, 0.2) is 54.6 Å². The quantitative estimate of drug-likeness (QED) is 0.882. The van der Waals surface area contributed by atoms with Crippen molar-refractivity contribution in [2.75, 3.05) is 6.61 Å². The first kappa shape index (κ1) is 13.8. The van der Waals surface area contributed by atoms with Gasteiger partial charge in [0, 0.05) is 0 Å². The van der Waals surface area contributed by atoms with Gasteiger partial charge >= 0.3 is 0 Å². The average Bonchev–Trinajstić information content (AvgIpc) is 2.47. The van der Waals surface area contributed by atoms with Gasteiger partial charge in [0.15, 0.2) is 0 Å². The molecule has 2 N–H and O–H groups in total. The summed E-state index contributed by atoms with van der Waals surface area (Å²) in [6, 6.07) is 17.8. The second-order valence-electron chi connectivity index (χ2n) is 5.18. The van der Waals surface area contributed by atoms with Crippen LogP contribution in [0.4, 0.5) is 0 Å². The van der Waals surface area contributed by atoms with Crippen molar-refractivity contribution in [3.05, 3.63) is 60.2 Å². The zero-order chi connectivity index (χ0) is 13.9. The molecule has 19 heavy (non-hydrogen) atoms. The van der Waals surface area contributed by atoms with E-state index in [0.29, 0.717) is 0 Å². The molecule has 0 aliphatic carbocycles. The van der Waals surface area contributed by atoms with Crippen molar-refractivity contribution >= 4 is 0 Å². The molecule has 0 amide bonds. The van der Waals surface area contributed by atoms with Crippen molar-refractivity contribution in [1.29, 1.82) is 0 Å². The Morgan fingerprint density at radius 1 is 0.947 bits per heavy atom. The van der Waals surface area contributed by atoms with Crippen molar-refractivity contribution in [1.82, 2.24) is 0 Å². The van der Waals surface area contributed by atoms with Crippen molar-refractivity contribution in [2.24, 2.45) is 5.92 Å². The highest BCUT2D eigenvalue weighted by atomic mass is 16.3. The number of rotatable bonds is 4. The molecule has 1 unspecified atom stereocenters. The van der Waals surface area contributed by atoms with Crippen LogP contribution in [0, 0.1) is 5.92 Å². The lowest BCUT2D eigenvalue weighted by Crippen LogP contribution is -2.36. The van der Waals surface area contributed by atoms with Crippen molar-refractivity contribution in [3.8, 4) is 11.1 Å². The lowest BCUT2D eigenvalue weighted by Gasteiger charge is -2.31. The van der Waals surface area contributed by atoms with E-state index in [0.717, 1.165) is 16.7 Å². The van der Waals surface area contributed by atoms with Crippen LogP contribution in [-0.4, -0.2) is 16.8 Å². The summed E-state index contributed by atoms with van der Waals surface area (Å²) in [6.45, 7) is 3.54. The molecule has 0 aromatic heterocycles. The molecule has 2 rings (SSSR count). The lowest BCUT2D eigenvalue weighted by atomic mass is 9.83. The molecule has 0 aliphatic heterocycles. The van der Waals surface area contributed by atoms with Crippen LogP contribution in [0.2, 0.25) is 0 Å². The molecule has 0 spiro atoms. The molecule has 0 fully saturated rings. The minimum absolute atomic E-state index is 0.0523. The Hall–Kier alpha value is -1.64. The van der Waals surface area contributed by atoms with Gasteiger partial charge in [-0.3, -0.25) is 0 Å². The van der Waals surface area contributed by atoms with E-state index in [-0.39, 0.29) is 12.5 Å². The van der Waals surface area contributed by atoms with Gasteiger partial charge < -0.3 is 10.2 Å². The van der Waals surface area contributed by atoms with E-state index >= 15 is 0 Å². The first-order valence-electron chi connectivity index (χ1n) is 6.57. The summed E-state index contributed by atoms with van der Waals surface area (Å²) < 4.78 is 0. The van der Waals surface area contributed by atoms with Gasteiger partial charge in [-0.05, 0) is 28.7 Å². The van der Waals surface area contributed by atoms with E-state index in [9.17, 15) is 10.2 Å². The van der Waals surface area contributed by atoms with Crippen molar-refractivity contribution in [2.45, 2.75) is 19.4 Å². The van der Waals surface area contributed by atoms with Crippen LogP contribution >= 0.6 is 0 Å². The van der Waals surface area contributed by atoms with Crippen LogP contribution in [0.1, 0.15) is 19.4 Å². The van der Waals surface area contributed by atoms with Crippen molar-refractivity contribution in [3.63, 3.8) is 0 Å².